The predicted octanol–water partition coefficient (Wildman–Crippen LogP) is 0.348. The highest BCUT2D eigenvalue weighted by atomic mass is 16.2. The Labute approximate surface area is 120 Å². The zero-order chi connectivity index (χ0) is 15.7. The van der Waals surface area contributed by atoms with Crippen LogP contribution in [0.25, 0.3) is 0 Å². The fourth-order valence-corrected chi connectivity index (χ4v) is 1.77. The molecule has 20 heavy (non-hydrogen) atoms. The van der Waals surface area contributed by atoms with Crippen molar-refractivity contribution in [2.24, 2.45) is 11.7 Å². The third kappa shape index (κ3) is 7.23. The van der Waals surface area contributed by atoms with Gasteiger partial charge in [0.05, 0.1) is 12.1 Å². The quantitative estimate of drug-likeness (QED) is 0.532. The second-order valence-corrected chi connectivity index (χ2v) is 5.52. The Morgan fingerprint density at radius 3 is 2.15 bits per heavy atom. The monoisotopic (exact) mass is 285 g/mol. The van der Waals surface area contributed by atoms with Crippen LogP contribution in [0.5, 0.6) is 0 Å². The van der Waals surface area contributed by atoms with Crippen molar-refractivity contribution in [1.82, 2.24) is 10.6 Å². The van der Waals surface area contributed by atoms with Crippen LogP contribution in [0.1, 0.15) is 47.0 Å². The minimum atomic E-state index is -0.671. The lowest BCUT2D eigenvalue weighted by Gasteiger charge is -2.22. The minimum absolute atomic E-state index is 0.236. The second-order valence-electron chi connectivity index (χ2n) is 5.52. The molecule has 0 aromatic heterocycles. The van der Waals surface area contributed by atoms with E-state index in [0.717, 1.165) is 12.7 Å². The van der Waals surface area contributed by atoms with Gasteiger partial charge in [0.1, 0.15) is 12.3 Å². The molecule has 0 unspecified atom stereocenters. The van der Waals surface area contributed by atoms with Gasteiger partial charge in [-0.1, -0.05) is 27.2 Å². The van der Waals surface area contributed by atoms with Gasteiger partial charge < -0.3 is 21.2 Å². The molecule has 0 radical (unpaired) electrons. The molecule has 3 atom stereocenters. The summed E-state index contributed by atoms with van der Waals surface area (Å²) in [6.07, 6.45) is 2.61. The molecule has 0 saturated heterocycles. The maximum absolute atomic E-state index is 12.2. The summed E-state index contributed by atoms with van der Waals surface area (Å²) in [5.41, 5.74) is 5.49. The van der Waals surface area contributed by atoms with Gasteiger partial charge in [-0.3, -0.25) is 9.59 Å². The van der Waals surface area contributed by atoms with Crippen molar-refractivity contribution >= 4 is 18.1 Å². The lowest BCUT2D eigenvalue weighted by atomic mass is 10.0. The number of amides is 2. The van der Waals surface area contributed by atoms with Crippen LogP contribution in [0.2, 0.25) is 0 Å². The first-order valence-corrected chi connectivity index (χ1v) is 7.13. The van der Waals surface area contributed by atoms with E-state index < -0.39 is 18.1 Å². The van der Waals surface area contributed by atoms with E-state index in [1.54, 1.807) is 6.92 Å². The minimum Gasteiger partial charge on any atom is -0.345 e. The van der Waals surface area contributed by atoms with Gasteiger partial charge in [0.25, 0.3) is 0 Å². The summed E-state index contributed by atoms with van der Waals surface area (Å²) in [6.45, 7) is 7.42. The van der Waals surface area contributed by atoms with E-state index in [2.05, 4.69) is 10.6 Å². The summed E-state index contributed by atoms with van der Waals surface area (Å²) in [4.78, 5) is 34.7. The molecule has 0 rings (SSSR count). The van der Waals surface area contributed by atoms with Gasteiger partial charge in [-0.05, 0) is 25.7 Å². The molecule has 6 heteroatoms. The summed E-state index contributed by atoms with van der Waals surface area (Å²) in [7, 11) is 0. The summed E-state index contributed by atoms with van der Waals surface area (Å²) in [5.74, 6) is -0.470. The molecule has 0 aromatic rings. The van der Waals surface area contributed by atoms with Crippen LogP contribution < -0.4 is 16.4 Å². The predicted molar refractivity (Wildman–Crippen MR) is 77.9 cm³/mol. The maximum atomic E-state index is 12.2. The fraction of sp³-hybridized carbons (Fsp3) is 0.786. The van der Waals surface area contributed by atoms with Crippen molar-refractivity contribution in [2.45, 2.75) is 65.1 Å². The van der Waals surface area contributed by atoms with E-state index in [1.165, 1.54) is 0 Å². The Bertz CT molecular complexity index is 330. The molecule has 2 amide bonds. The molecule has 0 saturated carbocycles. The average Bonchev–Trinajstić information content (AvgIpc) is 2.36. The van der Waals surface area contributed by atoms with Crippen LogP contribution in [-0.4, -0.2) is 36.2 Å². The highest BCUT2D eigenvalue weighted by molar-refractivity contribution is 5.90. The number of nitrogens with one attached hydrogen (secondary N) is 2. The Morgan fingerprint density at radius 1 is 1.15 bits per heavy atom. The van der Waals surface area contributed by atoms with Crippen LogP contribution >= 0.6 is 0 Å². The van der Waals surface area contributed by atoms with Gasteiger partial charge >= 0.3 is 0 Å². The van der Waals surface area contributed by atoms with Crippen LogP contribution in [0, 0.1) is 5.92 Å². The molecule has 0 aliphatic heterocycles. The van der Waals surface area contributed by atoms with Crippen molar-refractivity contribution in [3.63, 3.8) is 0 Å². The molecule has 116 valence electrons. The van der Waals surface area contributed by atoms with Crippen LogP contribution in [0.3, 0.4) is 0 Å². The van der Waals surface area contributed by atoms with E-state index in [0.29, 0.717) is 12.8 Å². The number of hydrogen-bond acceptors (Lipinski definition) is 4. The third-order valence-corrected chi connectivity index (χ3v) is 2.85. The molecule has 0 spiro atoms. The number of nitrogens with two attached hydrogens (primary N) is 1. The van der Waals surface area contributed by atoms with Crippen LogP contribution in [0.4, 0.5) is 0 Å². The lowest BCUT2D eigenvalue weighted by Crippen LogP contribution is -2.53. The van der Waals surface area contributed by atoms with Crippen molar-refractivity contribution in [3.05, 3.63) is 0 Å². The molecule has 6 nitrogen and oxygen atoms in total. The van der Waals surface area contributed by atoms with Gasteiger partial charge in [-0.15, -0.1) is 0 Å². The zero-order valence-corrected chi connectivity index (χ0v) is 12.8. The highest BCUT2D eigenvalue weighted by Crippen LogP contribution is 2.06. The lowest BCUT2D eigenvalue weighted by molar-refractivity contribution is -0.130. The second kappa shape index (κ2) is 9.47. The van der Waals surface area contributed by atoms with E-state index >= 15 is 0 Å². The van der Waals surface area contributed by atoms with Gasteiger partial charge in [0.15, 0.2) is 0 Å². The van der Waals surface area contributed by atoms with E-state index in [1.807, 2.05) is 20.8 Å². The van der Waals surface area contributed by atoms with Gasteiger partial charge in [0, 0.05) is 0 Å². The third-order valence-electron chi connectivity index (χ3n) is 2.85. The Balaban J connectivity index is 4.71. The first-order chi connectivity index (χ1) is 9.31. The Hall–Kier alpha value is -1.43. The maximum Gasteiger partial charge on any atom is 0.243 e. The van der Waals surface area contributed by atoms with Gasteiger partial charge in [0.2, 0.25) is 11.8 Å². The Morgan fingerprint density at radius 2 is 1.75 bits per heavy atom. The van der Waals surface area contributed by atoms with Crippen molar-refractivity contribution in [2.75, 3.05) is 0 Å². The van der Waals surface area contributed by atoms with E-state index in [-0.39, 0.29) is 17.7 Å². The molecular formula is C14H27N3O3. The number of carbonyl (C=O) groups is 3. The van der Waals surface area contributed by atoms with Crippen LogP contribution in [0.15, 0.2) is 0 Å². The molecule has 0 fully saturated rings. The normalized spacial score (nSPS) is 15.3. The largest absolute Gasteiger partial charge is 0.345 e. The summed E-state index contributed by atoms with van der Waals surface area (Å²) in [5, 5.41) is 5.28. The molecule has 4 N–H and O–H groups in total. The number of carbonyl (C=O) groups excluding carboxylic acids is 3. The average molecular weight is 285 g/mol. The zero-order valence-electron chi connectivity index (χ0n) is 12.8. The number of rotatable bonds is 9. The standard InChI is InChI=1S/C14H27N3O3/c1-5-6-11(8-18)16-14(20)12(7-9(2)3)17-13(19)10(4)15/h8-12H,5-7,15H2,1-4H3,(H,16,20)(H,17,19)/t10-,11-,12-/m0/s1. The SMILES string of the molecule is CCC[C@@H](C=O)NC(=O)[C@H](CC(C)C)NC(=O)[C@H](C)N. The molecule has 0 aliphatic rings. The summed E-state index contributed by atoms with van der Waals surface area (Å²) < 4.78 is 0. The first-order valence-electron chi connectivity index (χ1n) is 7.13. The number of hydrogen-bond donors (Lipinski definition) is 3. The summed E-state index contributed by atoms with van der Waals surface area (Å²) in [6, 6.07) is -1.84. The van der Waals surface area contributed by atoms with Crippen molar-refractivity contribution in [3.8, 4) is 0 Å². The van der Waals surface area contributed by atoms with Gasteiger partial charge in [-0.2, -0.15) is 0 Å². The summed E-state index contributed by atoms with van der Waals surface area (Å²) >= 11 is 0. The Kier molecular flexibility index (Phi) is 8.79. The van der Waals surface area contributed by atoms with E-state index in [4.69, 9.17) is 5.73 Å². The molecule has 0 heterocycles. The van der Waals surface area contributed by atoms with Crippen molar-refractivity contribution in [1.29, 1.82) is 0 Å². The molecular weight excluding hydrogens is 258 g/mol. The smallest absolute Gasteiger partial charge is 0.243 e. The molecule has 0 bridgehead atoms. The molecule has 0 aliphatic carbocycles. The van der Waals surface area contributed by atoms with Gasteiger partial charge in [-0.25, -0.2) is 0 Å². The topological polar surface area (TPSA) is 101 Å². The first kappa shape index (κ1) is 18.6. The number of aldehydes is 1. The van der Waals surface area contributed by atoms with E-state index in [9.17, 15) is 14.4 Å². The fourth-order valence-electron chi connectivity index (χ4n) is 1.77. The van der Waals surface area contributed by atoms with Crippen molar-refractivity contribution < 1.29 is 14.4 Å². The highest BCUT2D eigenvalue weighted by Gasteiger charge is 2.24. The van der Waals surface area contributed by atoms with Crippen LogP contribution in [-0.2, 0) is 14.4 Å². The molecule has 0 aromatic carbocycles.